The highest BCUT2D eigenvalue weighted by molar-refractivity contribution is 6.18. The van der Waals surface area contributed by atoms with E-state index in [0.29, 0.717) is 30.5 Å². The molecule has 0 aliphatic carbocycles. The Labute approximate surface area is 111 Å². The topological polar surface area (TPSA) is 64.8 Å². The van der Waals surface area contributed by atoms with Crippen LogP contribution in [0.25, 0.3) is 0 Å². The fourth-order valence-corrected chi connectivity index (χ4v) is 1.77. The van der Waals surface area contributed by atoms with Crippen molar-refractivity contribution in [1.29, 1.82) is 0 Å². The van der Waals surface area contributed by atoms with E-state index < -0.39 is 6.03 Å². The smallest absolute Gasteiger partial charge is 0.315 e. The fourth-order valence-electron chi connectivity index (χ4n) is 1.57. The third-order valence-electron chi connectivity index (χ3n) is 2.49. The van der Waals surface area contributed by atoms with Gasteiger partial charge >= 0.3 is 6.03 Å². The molecule has 5 nitrogen and oxygen atoms in total. The average molecular weight is 273 g/mol. The van der Waals surface area contributed by atoms with Crippen molar-refractivity contribution in [2.45, 2.75) is 6.54 Å². The number of primary amides is 1. The molecular formula is C12H17ClN2O3. The minimum absolute atomic E-state index is 0.343. The number of methoxy groups -OCH3 is 2. The second kappa shape index (κ2) is 6.96. The lowest BCUT2D eigenvalue weighted by molar-refractivity contribution is 0.208. The van der Waals surface area contributed by atoms with E-state index in [2.05, 4.69) is 0 Å². The van der Waals surface area contributed by atoms with Crippen LogP contribution in [-0.2, 0) is 6.54 Å². The van der Waals surface area contributed by atoms with Gasteiger partial charge in [0, 0.05) is 19.0 Å². The summed E-state index contributed by atoms with van der Waals surface area (Å²) in [6, 6.07) is 4.95. The van der Waals surface area contributed by atoms with Gasteiger partial charge in [-0.2, -0.15) is 0 Å². The quantitative estimate of drug-likeness (QED) is 0.804. The Balaban J connectivity index is 2.86. The number of benzene rings is 1. The molecule has 1 aromatic carbocycles. The Kier molecular flexibility index (Phi) is 5.58. The summed E-state index contributed by atoms with van der Waals surface area (Å²) in [6.45, 7) is 0.799. The molecular weight excluding hydrogens is 256 g/mol. The number of hydrogen-bond donors (Lipinski definition) is 1. The van der Waals surface area contributed by atoms with Gasteiger partial charge in [-0.25, -0.2) is 4.79 Å². The summed E-state index contributed by atoms with van der Waals surface area (Å²) < 4.78 is 10.3. The number of ether oxygens (including phenoxy) is 2. The number of carbonyl (C=O) groups excluding carboxylic acids is 1. The van der Waals surface area contributed by atoms with E-state index in [1.807, 2.05) is 12.1 Å². The van der Waals surface area contributed by atoms with Crippen molar-refractivity contribution in [3.05, 3.63) is 23.8 Å². The first-order valence-corrected chi connectivity index (χ1v) is 5.97. The molecule has 0 spiro atoms. The average Bonchev–Trinajstić information content (AvgIpc) is 2.37. The summed E-state index contributed by atoms with van der Waals surface area (Å²) in [4.78, 5) is 12.7. The number of carbonyl (C=O) groups is 1. The molecule has 0 aliphatic heterocycles. The van der Waals surface area contributed by atoms with Crippen LogP contribution in [-0.4, -0.2) is 37.6 Å². The van der Waals surface area contributed by atoms with Gasteiger partial charge in [0.1, 0.15) is 0 Å². The highest BCUT2D eigenvalue weighted by Crippen LogP contribution is 2.27. The van der Waals surface area contributed by atoms with Crippen molar-refractivity contribution < 1.29 is 14.3 Å². The maximum absolute atomic E-state index is 11.2. The first-order chi connectivity index (χ1) is 8.62. The molecule has 0 saturated carbocycles. The Bertz CT molecular complexity index is 412. The van der Waals surface area contributed by atoms with Gasteiger partial charge in [0.2, 0.25) is 0 Å². The molecule has 0 unspecified atom stereocenters. The molecule has 100 valence electrons. The predicted octanol–water partition coefficient (Wildman–Crippen LogP) is 1.82. The standard InChI is InChI=1S/C12H17ClN2O3/c1-17-10-4-3-9(7-11(10)18-2)8-15(6-5-13)12(14)16/h3-4,7H,5-6,8H2,1-2H3,(H2,14,16). The number of nitrogens with zero attached hydrogens (tertiary/aromatic N) is 1. The van der Waals surface area contributed by atoms with E-state index >= 15 is 0 Å². The minimum atomic E-state index is -0.495. The van der Waals surface area contributed by atoms with Gasteiger partial charge in [-0.15, -0.1) is 11.6 Å². The van der Waals surface area contributed by atoms with Gasteiger partial charge in [-0.05, 0) is 17.7 Å². The SMILES string of the molecule is COc1ccc(CN(CCCl)C(N)=O)cc1OC. The van der Waals surface area contributed by atoms with E-state index in [-0.39, 0.29) is 0 Å². The highest BCUT2D eigenvalue weighted by Gasteiger charge is 2.11. The molecule has 2 amide bonds. The lowest BCUT2D eigenvalue weighted by Gasteiger charge is -2.19. The third kappa shape index (κ3) is 3.70. The second-order valence-corrected chi connectivity index (χ2v) is 4.02. The number of urea groups is 1. The van der Waals surface area contributed by atoms with Crippen molar-refractivity contribution in [2.75, 3.05) is 26.6 Å². The maximum atomic E-state index is 11.2. The van der Waals surface area contributed by atoms with Crippen LogP contribution in [0.5, 0.6) is 11.5 Å². The fraction of sp³-hybridized carbons (Fsp3) is 0.417. The van der Waals surface area contributed by atoms with Crippen LogP contribution in [0.3, 0.4) is 0 Å². The lowest BCUT2D eigenvalue weighted by Crippen LogP contribution is -2.36. The predicted molar refractivity (Wildman–Crippen MR) is 70.3 cm³/mol. The molecule has 0 aromatic heterocycles. The van der Waals surface area contributed by atoms with Crippen molar-refractivity contribution >= 4 is 17.6 Å². The van der Waals surface area contributed by atoms with E-state index in [1.165, 1.54) is 4.90 Å². The van der Waals surface area contributed by atoms with Crippen LogP contribution in [0.4, 0.5) is 4.79 Å². The largest absolute Gasteiger partial charge is 0.493 e. The number of alkyl halides is 1. The van der Waals surface area contributed by atoms with Crippen LogP contribution in [0, 0.1) is 0 Å². The van der Waals surface area contributed by atoms with Crippen LogP contribution >= 0.6 is 11.6 Å². The summed E-state index contributed by atoms with van der Waals surface area (Å²) in [5.74, 6) is 1.60. The summed E-state index contributed by atoms with van der Waals surface area (Å²) in [7, 11) is 3.13. The lowest BCUT2D eigenvalue weighted by atomic mass is 10.2. The summed E-state index contributed by atoms with van der Waals surface area (Å²) in [6.07, 6.45) is 0. The zero-order valence-corrected chi connectivity index (χ0v) is 11.2. The van der Waals surface area contributed by atoms with Crippen molar-refractivity contribution in [1.82, 2.24) is 4.90 Å². The number of hydrogen-bond acceptors (Lipinski definition) is 3. The van der Waals surface area contributed by atoms with Crippen LogP contribution in [0.15, 0.2) is 18.2 Å². The van der Waals surface area contributed by atoms with Crippen molar-refractivity contribution in [3.63, 3.8) is 0 Å². The van der Waals surface area contributed by atoms with Gasteiger partial charge in [-0.1, -0.05) is 6.07 Å². The van der Waals surface area contributed by atoms with Crippen LogP contribution in [0.1, 0.15) is 5.56 Å². The normalized spacial score (nSPS) is 9.94. The second-order valence-electron chi connectivity index (χ2n) is 3.64. The van der Waals surface area contributed by atoms with Gasteiger partial charge < -0.3 is 20.1 Å². The van der Waals surface area contributed by atoms with Gasteiger partial charge in [0.15, 0.2) is 11.5 Å². The first kappa shape index (κ1) is 14.4. The number of rotatable bonds is 6. The molecule has 0 radical (unpaired) electrons. The molecule has 0 atom stereocenters. The van der Waals surface area contributed by atoms with Crippen molar-refractivity contribution in [3.8, 4) is 11.5 Å². The first-order valence-electron chi connectivity index (χ1n) is 5.43. The summed E-state index contributed by atoms with van der Waals surface area (Å²) in [5.41, 5.74) is 6.17. The van der Waals surface area contributed by atoms with Crippen LogP contribution < -0.4 is 15.2 Å². The molecule has 0 saturated heterocycles. The molecule has 6 heteroatoms. The maximum Gasteiger partial charge on any atom is 0.315 e. The molecule has 0 aliphatic rings. The summed E-state index contributed by atoms with van der Waals surface area (Å²) >= 11 is 5.62. The minimum Gasteiger partial charge on any atom is -0.493 e. The van der Waals surface area contributed by atoms with Crippen molar-refractivity contribution in [2.24, 2.45) is 5.73 Å². The third-order valence-corrected chi connectivity index (χ3v) is 2.66. The molecule has 18 heavy (non-hydrogen) atoms. The van der Waals surface area contributed by atoms with Gasteiger partial charge in [0.05, 0.1) is 14.2 Å². The number of amides is 2. The molecule has 0 fully saturated rings. The number of halogens is 1. The molecule has 0 heterocycles. The molecule has 0 bridgehead atoms. The van der Waals surface area contributed by atoms with Gasteiger partial charge in [-0.3, -0.25) is 0 Å². The highest BCUT2D eigenvalue weighted by atomic mass is 35.5. The Morgan fingerprint density at radius 3 is 2.50 bits per heavy atom. The van der Waals surface area contributed by atoms with E-state index in [9.17, 15) is 4.79 Å². The Morgan fingerprint density at radius 1 is 1.33 bits per heavy atom. The van der Waals surface area contributed by atoms with E-state index in [4.69, 9.17) is 26.8 Å². The van der Waals surface area contributed by atoms with E-state index in [0.717, 1.165) is 5.56 Å². The van der Waals surface area contributed by atoms with E-state index in [1.54, 1.807) is 20.3 Å². The van der Waals surface area contributed by atoms with Crippen LogP contribution in [0.2, 0.25) is 0 Å². The Hall–Kier alpha value is -1.62. The van der Waals surface area contributed by atoms with Gasteiger partial charge in [0.25, 0.3) is 0 Å². The summed E-state index contributed by atoms with van der Waals surface area (Å²) in [5, 5.41) is 0. The molecule has 2 N–H and O–H groups in total. The Morgan fingerprint density at radius 2 is 2.00 bits per heavy atom. The monoisotopic (exact) mass is 272 g/mol. The zero-order chi connectivity index (χ0) is 13.5. The molecule has 1 rings (SSSR count). The molecule has 1 aromatic rings. The zero-order valence-electron chi connectivity index (χ0n) is 10.5. The number of nitrogens with two attached hydrogens (primary N) is 1.